The van der Waals surface area contributed by atoms with Crippen molar-refractivity contribution in [2.45, 2.75) is 77.1 Å². The lowest BCUT2D eigenvalue weighted by molar-refractivity contribution is -0.256. The number of methoxy groups -OCH3 is 2. The van der Waals surface area contributed by atoms with Crippen LogP contribution < -0.4 is 0 Å². The number of rotatable bonds is 2. The lowest BCUT2D eigenvalue weighted by Crippen LogP contribution is -2.55. The van der Waals surface area contributed by atoms with Gasteiger partial charge in [0.25, 0.3) is 0 Å². The second-order valence-corrected chi connectivity index (χ2v) is 9.44. The molecule has 0 radical (unpaired) electrons. The van der Waals surface area contributed by atoms with Crippen molar-refractivity contribution in [2.75, 3.05) is 14.2 Å². The van der Waals surface area contributed by atoms with Crippen LogP contribution in [0.3, 0.4) is 0 Å². The van der Waals surface area contributed by atoms with Gasteiger partial charge in [0.2, 0.25) is 0 Å². The van der Waals surface area contributed by atoms with Gasteiger partial charge < -0.3 is 14.6 Å². The molecular weight excluding hydrogens is 312 g/mol. The molecule has 0 aromatic carbocycles. The molecular formula is C22H36O3. The van der Waals surface area contributed by atoms with E-state index in [4.69, 9.17) is 9.47 Å². The van der Waals surface area contributed by atoms with Crippen LogP contribution in [0.4, 0.5) is 0 Å². The average Bonchev–Trinajstić information content (AvgIpc) is 2.98. The molecule has 142 valence electrons. The predicted octanol–water partition coefficient (Wildman–Crippen LogP) is 4.55. The summed E-state index contributed by atoms with van der Waals surface area (Å²) in [6, 6.07) is 0. The van der Waals surface area contributed by atoms with Crippen LogP contribution in [0.2, 0.25) is 0 Å². The zero-order valence-electron chi connectivity index (χ0n) is 16.5. The smallest absolute Gasteiger partial charge is 0.167 e. The van der Waals surface area contributed by atoms with Crippen molar-refractivity contribution in [1.29, 1.82) is 0 Å². The molecule has 0 aromatic rings. The van der Waals surface area contributed by atoms with Gasteiger partial charge in [0, 0.05) is 27.1 Å². The molecule has 0 amide bonds. The maximum atomic E-state index is 11.1. The van der Waals surface area contributed by atoms with Crippen molar-refractivity contribution >= 4 is 0 Å². The Morgan fingerprint density at radius 1 is 1.00 bits per heavy atom. The zero-order valence-corrected chi connectivity index (χ0v) is 16.5. The van der Waals surface area contributed by atoms with Crippen LogP contribution in [0.15, 0.2) is 11.6 Å². The van der Waals surface area contributed by atoms with E-state index >= 15 is 0 Å². The summed E-state index contributed by atoms with van der Waals surface area (Å²) in [7, 11) is 3.51. The Kier molecular flexibility index (Phi) is 4.57. The average molecular weight is 349 g/mol. The summed E-state index contributed by atoms with van der Waals surface area (Å²) in [5, 5.41) is 11.1. The van der Waals surface area contributed by atoms with Gasteiger partial charge in [-0.05, 0) is 80.5 Å². The Hall–Kier alpha value is -0.380. The van der Waals surface area contributed by atoms with Gasteiger partial charge in [-0.2, -0.15) is 0 Å². The van der Waals surface area contributed by atoms with Crippen LogP contribution in [-0.4, -0.2) is 31.2 Å². The molecule has 4 fully saturated rings. The maximum absolute atomic E-state index is 11.1. The highest BCUT2D eigenvalue weighted by Crippen LogP contribution is 2.64. The molecule has 0 bridgehead atoms. The van der Waals surface area contributed by atoms with Gasteiger partial charge in [0.05, 0.1) is 6.10 Å². The number of fused-ring (bicyclic) bond motifs is 5. The van der Waals surface area contributed by atoms with Crippen LogP contribution in [0.5, 0.6) is 0 Å². The van der Waals surface area contributed by atoms with Gasteiger partial charge in [0.15, 0.2) is 5.79 Å². The van der Waals surface area contributed by atoms with Gasteiger partial charge in [-0.1, -0.05) is 18.6 Å². The van der Waals surface area contributed by atoms with Crippen LogP contribution in [-0.2, 0) is 9.47 Å². The lowest BCUT2D eigenvalue weighted by Gasteiger charge is -2.58. The SMILES string of the molecule is CC=C1CC[C@H]2[C@@H]3C[C@H](O)[C@@H]4CC(OC)(OC)CC[C@@H]4[C@H]3CC[C@]12C. The molecule has 0 spiro atoms. The lowest BCUT2D eigenvalue weighted by atomic mass is 9.49. The zero-order chi connectivity index (χ0) is 17.8. The summed E-state index contributed by atoms with van der Waals surface area (Å²) in [5.41, 5.74) is 2.09. The van der Waals surface area contributed by atoms with Crippen LogP contribution in [0, 0.1) is 35.0 Å². The van der Waals surface area contributed by atoms with Crippen molar-refractivity contribution in [3.63, 3.8) is 0 Å². The molecule has 4 aliphatic carbocycles. The topological polar surface area (TPSA) is 38.7 Å². The van der Waals surface area contributed by atoms with Crippen molar-refractivity contribution in [3.8, 4) is 0 Å². The van der Waals surface area contributed by atoms with E-state index in [2.05, 4.69) is 19.9 Å². The van der Waals surface area contributed by atoms with Gasteiger partial charge in [0.1, 0.15) is 0 Å². The first kappa shape index (κ1) is 18.0. The number of aliphatic hydroxyl groups is 1. The Labute approximate surface area is 153 Å². The summed E-state index contributed by atoms with van der Waals surface area (Å²) in [6.07, 6.45) is 11.5. The molecule has 4 saturated carbocycles. The number of hydrogen-bond donors (Lipinski definition) is 1. The molecule has 0 heterocycles. The largest absolute Gasteiger partial charge is 0.393 e. The maximum Gasteiger partial charge on any atom is 0.167 e. The predicted molar refractivity (Wildman–Crippen MR) is 99.0 cm³/mol. The highest BCUT2D eigenvalue weighted by Gasteiger charge is 2.58. The molecule has 7 atom stereocenters. The molecule has 4 aliphatic rings. The molecule has 0 aliphatic heterocycles. The van der Waals surface area contributed by atoms with Crippen LogP contribution in [0.25, 0.3) is 0 Å². The van der Waals surface area contributed by atoms with Crippen LogP contribution in [0.1, 0.15) is 65.2 Å². The summed E-state index contributed by atoms with van der Waals surface area (Å²) in [4.78, 5) is 0. The summed E-state index contributed by atoms with van der Waals surface area (Å²) < 4.78 is 11.5. The van der Waals surface area contributed by atoms with Gasteiger partial charge in [-0.25, -0.2) is 0 Å². The molecule has 4 rings (SSSR count). The van der Waals surface area contributed by atoms with Gasteiger partial charge in [-0.3, -0.25) is 0 Å². The first-order valence-corrected chi connectivity index (χ1v) is 10.4. The molecule has 25 heavy (non-hydrogen) atoms. The molecule has 3 heteroatoms. The molecule has 0 unspecified atom stereocenters. The molecule has 0 saturated heterocycles. The van der Waals surface area contributed by atoms with Crippen LogP contribution >= 0.6 is 0 Å². The molecule has 1 N–H and O–H groups in total. The van der Waals surface area contributed by atoms with Crippen molar-refractivity contribution in [1.82, 2.24) is 0 Å². The van der Waals surface area contributed by atoms with E-state index in [0.29, 0.717) is 23.2 Å². The second-order valence-electron chi connectivity index (χ2n) is 9.44. The quantitative estimate of drug-likeness (QED) is 0.588. The van der Waals surface area contributed by atoms with E-state index in [-0.39, 0.29) is 6.10 Å². The number of aliphatic hydroxyl groups excluding tert-OH is 1. The van der Waals surface area contributed by atoms with E-state index in [9.17, 15) is 5.11 Å². The van der Waals surface area contributed by atoms with E-state index in [1.54, 1.807) is 19.8 Å². The third kappa shape index (κ3) is 2.56. The highest BCUT2D eigenvalue weighted by atomic mass is 16.7. The normalized spacial score (nSPS) is 50.2. The van der Waals surface area contributed by atoms with Gasteiger partial charge in [-0.15, -0.1) is 0 Å². The third-order valence-electron chi connectivity index (χ3n) is 8.95. The minimum atomic E-state index is -0.469. The molecule has 3 nitrogen and oxygen atoms in total. The number of hydrogen-bond acceptors (Lipinski definition) is 3. The fraction of sp³-hybridized carbons (Fsp3) is 0.909. The van der Waals surface area contributed by atoms with Gasteiger partial charge >= 0.3 is 0 Å². The van der Waals surface area contributed by atoms with Crippen molar-refractivity contribution in [2.24, 2.45) is 35.0 Å². The molecule has 0 aromatic heterocycles. The standard InChI is InChI=1S/C22H36O3/c1-5-14-6-7-19-17-12-20(23)18-13-22(24-3,25-4)11-9-16(18)15(17)8-10-21(14,19)2/h5,15-20,23H,6-13H2,1-4H3/t15-,16-,17-,18-,19+,20+,21-/m1/s1. The fourth-order valence-corrected chi connectivity index (χ4v) is 7.58. The Morgan fingerprint density at radius 3 is 2.36 bits per heavy atom. The van der Waals surface area contributed by atoms with E-state index in [1.807, 2.05) is 0 Å². The Morgan fingerprint density at radius 2 is 1.68 bits per heavy atom. The first-order chi connectivity index (χ1) is 12.0. The monoisotopic (exact) mass is 348 g/mol. The Balaban J connectivity index is 1.59. The number of allylic oxidation sites excluding steroid dienone is 2. The summed E-state index contributed by atoms with van der Waals surface area (Å²) in [6.45, 7) is 4.73. The van der Waals surface area contributed by atoms with E-state index in [1.165, 1.54) is 25.7 Å². The fourth-order valence-electron chi connectivity index (χ4n) is 7.58. The van der Waals surface area contributed by atoms with E-state index in [0.717, 1.165) is 37.5 Å². The summed E-state index contributed by atoms with van der Waals surface area (Å²) >= 11 is 0. The Bertz CT molecular complexity index is 537. The van der Waals surface area contributed by atoms with E-state index < -0.39 is 5.79 Å². The second kappa shape index (κ2) is 6.35. The minimum Gasteiger partial charge on any atom is -0.393 e. The first-order valence-electron chi connectivity index (χ1n) is 10.4. The third-order valence-corrected chi connectivity index (χ3v) is 8.95. The minimum absolute atomic E-state index is 0.187. The summed E-state index contributed by atoms with van der Waals surface area (Å²) in [5.74, 6) is 2.83. The van der Waals surface area contributed by atoms with Crippen molar-refractivity contribution < 1.29 is 14.6 Å². The highest BCUT2D eigenvalue weighted by molar-refractivity contribution is 5.23. The van der Waals surface area contributed by atoms with Crippen molar-refractivity contribution in [3.05, 3.63) is 11.6 Å². The number of ether oxygens (including phenoxy) is 2.